The Kier molecular flexibility index (Phi) is 5.15. The van der Waals surface area contributed by atoms with Crippen molar-refractivity contribution in [1.29, 1.82) is 0 Å². The highest BCUT2D eigenvalue weighted by Gasteiger charge is 2.24. The number of benzene rings is 1. The van der Waals surface area contributed by atoms with E-state index in [1.807, 2.05) is 32.2 Å². The third kappa shape index (κ3) is 3.91. The first kappa shape index (κ1) is 19.3. The molecule has 0 radical (unpaired) electrons. The van der Waals surface area contributed by atoms with Crippen LogP contribution in [0.25, 0.3) is 10.2 Å². The van der Waals surface area contributed by atoms with Gasteiger partial charge in [-0.05, 0) is 62.6 Å². The van der Waals surface area contributed by atoms with Crippen molar-refractivity contribution in [3.8, 4) is 0 Å². The molecule has 0 N–H and O–H groups in total. The molecule has 29 heavy (non-hydrogen) atoms. The fourth-order valence-electron chi connectivity index (χ4n) is 3.26. The minimum Gasteiger partial charge on any atom is -0.278 e. The van der Waals surface area contributed by atoms with Crippen LogP contribution in [-0.4, -0.2) is 25.7 Å². The van der Waals surface area contributed by atoms with Crippen LogP contribution in [0.4, 0.5) is 5.13 Å². The molecule has 0 aliphatic carbocycles. The van der Waals surface area contributed by atoms with Gasteiger partial charge in [-0.1, -0.05) is 23.5 Å². The summed E-state index contributed by atoms with van der Waals surface area (Å²) in [6.07, 6.45) is 5.34. The van der Waals surface area contributed by atoms with Crippen LogP contribution in [0, 0.1) is 13.8 Å². The Morgan fingerprint density at radius 2 is 2.07 bits per heavy atom. The summed E-state index contributed by atoms with van der Waals surface area (Å²) in [5, 5.41) is 5.14. The molecule has 0 saturated carbocycles. The number of fused-ring (bicyclic) bond motifs is 1. The molecule has 6 nitrogen and oxygen atoms in total. The number of carbonyl (C=O) groups is 1. The van der Waals surface area contributed by atoms with Gasteiger partial charge in [-0.2, -0.15) is 5.10 Å². The van der Waals surface area contributed by atoms with Crippen LogP contribution < -0.4 is 4.90 Å². The largest absolute Gasteiger partial charge is 0.280 e. The molecule has 3 heterocycles. The van der Waals surface area contributed by atoms with Gasteiger partial charge < -0.3 is 0 Å². The highest BCUT2D eigenvalue weighted by Crippen LogP contribution is 2.33. The number of hydrogen-bond donors (Lipinski definition) is 0. The molecule has 4 rings (SSSR count). The molecule has 0 spiro atoms. The molecule has 0 unspecified atom stereocenters. The van der Waals surface area contributed by atoms with Crippen LogP contribution >= 0.6 is 11.3 Å². The monoisotopic (exact) mass is 405 g/mol. The van der Waals surface area contributed by atoms with Crippen molar-refractivity contribution in [1.82, 2.24) is 19.7 Å². The Hall–Kier alpha value is -3.06. The zero-order valence-corrected chi connectivity index (χ0v) is 17.8. The normalized spacial score (nSPS) is 11.3. The molecule has 0 aliphatic heterocycles. The van der Waals surface area contributed by atoms with Gasteiger partial charge >= 0.3 is 0 Å². The van der Waals surface area contributed by atoms with E-state index in [1.165, 1.54) is 16.9 Å². The number of nitrogens with zero attached hydrogens (tertiary/aromatic N) is 5. The quantitative estimate of drug-likeness (QED) is 0.472. The van der Waals surface area contributed by atoms with E-state index in [-0.39, 0.29) is 11.9 Å². The zero-order valence-electron chi connectivity index (χ0n) is 17.0. The predicted octanol–water partition coefficient (Wildman–Crippen LogP) is 4.93. The van der Waals surface area contributed by atoms with Crippen molar-refractivity contribution in [2.75, 3.05) is 4.90 Å². The lowest BCUT2D eigenvalue weighted by atomic mass is 10.1. The number of rotatable bonds is 5. The molecule has 4 aromatic rings. The van der Waals surface area contributed by atoms with Crippen LogP contribution in [0.15, 0.2) is 48.9 Å². The van der Waals surface area contributed by atoms with E-state index in [0.29, 0.717) is 17.4 Å². The average Bonchev–Trinajstić information content (AvgIpc) is 3.34. The van der Waals surface area contributed by atoms with Gasteiger partial charge in [0.15, 0.2) is 10.8 Å². The molecule has 1 amide bonds. The van der Waals surface area contributed by atoms with Gasteiger partial charge in [0, 0.05) is 24.6 Å². The number of thiazole rings is 1. The third-order valence-corrected chi connectivity index (χ3v) is 5.93. The van der Waals surface area contributed by atoms with E-state index in [2.05, 4.69) is 36.1 Å². The number of amides is 1. The second-order valence-electron chi connectivity index (χ2n) is 7.45. The lowest BCUT2D eigenvalue weighted by Gasteiger charge is -2.18. The van der Waals surface area contributed by atoms with E-state index >= 15 is 0 Å². The molecule has 0 bridgehead atoms. The van der Waals surface area contributed by atoms with Crippen LogP contribution in [0.1, 0.15) is 47.1 Å². The molecule has 0 saturated heterocycles. The smallest absolute Gasteiger partial charge is 0.278 e. The Labute approximate surface area is 173 Å². The Morgan fingerprint density at radius 1 is 1.24 bits per heavy atom. The predicted molar refractivity (Wildman–Crippen MR) is 116 cm³/mol. The molecule has 0 aliphatic rings. The number of pyridine rings is 1. The van der Waals surface area contributed by atoms with Gasteiger partial charge in [-0.3, -0.25) is 19.4 Å². The average molecular weight is 406 g/mol. The number of carbonyl (C=O) groups excluding carboxylic acids is 1. The standard InChI is InChI=1S/C22H23N5OS/c1-14(2)27-9-7-18(25-27)21(28)26(13-17-6-5-8-23-12-17)22-24-19-11-15(3)10-16(4)20(19)29-22/h5-12,14H,13H2,1-4H3. The van der Waals surface area contributed by atoms with Crippen LogP contribution in [-0.2, 0) is 6.54 Å². The highest BCUT2D eigenvalue weighted by atomic mass is 32.1. The minimum atomic E-state index is -0.165. The summed E-state index contributed by atoms with van der Waals surface area (Å²) < 4.78 is 2.89. The first-order chi connectivity index (χ1) is 13.9. The van der Waals surface area contributed by atoms with Gasteiger partial charge in [0.1, 0.15) is 0 Å². The Bertz CT molecular complexity index is 1160. The topological polar surface area (TPSA) is 63.9 Å². The van der Waals surface area contributed by atoms with Gasteiger partial charge in [0.2, 0.25) is 0 Å². The van der Waals surface area contributed by atoms with E-state index in [0.717, 1.165) is 21.3 Å². The fourth-order valence-corrected chi connectivity index (χ4v) is 4.27. The highest BCUT2D eigenvalue weighted by molar-refractivity contribution is 7.22. The third-order valence-electron chi connectivity index (χ3n) is 4.70. The molecule has 0 atom stereocenters. The number of aryl methyl sites for hydroxylation is 2. The van der Waals surface area contributed by atoms with Gasteiger partial charge in [-0.15, -0.1) is 0 Å². The van der Waals surface area contributed by atoms with Gasteiger partial charge in [0.05, 0.1) is 16.8 Å². The SMILES string of the molecule is Cc1cc(C)c2sc(N(Cc3cccnc3)C(=O)c3ccn(C(C)C)n3)nc2c1. The second-order valence-corrected chi connectivity index (χ2v) is 8.43. The second kappa shape index (κ2) is 7.75. The van der Waals surface area contributed by atoms with E-state index < -0.39 is 0 Å². The minimum absolute atomic E-state index is 0.165. The van der Waals surface area contributed by atoms with Crippen molar-refractivity contribution in [3.05, 3.63) is 71.3 Å². The summed E-state index contributed by atoms with van der Waals surface area (Å²) in [4.78, 5) is 24.1. The van der Waals surface area contributed by atoms with Crippen LogP contribution in [0.3, 0.4) is 0 Å². The van der Waals surface area contributed by atoms with Crippen molar-refractivity contribution in [2.24, 2.45) is 0 Å². The summed E-state index contributed by atoms with van der Waals surface area (Å²) in [5.74, 6) is -0.165. The summed E-state index contributed by atoms with van der Waals surface area (Å²) >= 11 is 1.54. The van der Waals surface area contributed by atoms with E-state index in [1.54, 1.807) is 28.0 Å². The summed E-state index contributed by atoms with van der Waals surface area (Å²) in [7, 11) is 0. The molecular weight excluding hydrogens is 382 g/mol. The Morgan fingerprint density at radius 3 is 2.76 bits per heavy atom. The first-order valence-electron chi connectivity index (χ1n) is 9.56. The van der Waals surface area contributed by atoms with E-state index in [9.17, 15) is 4.79 Å². The summed E-state index contributed by atoms with van der Waals surface area (Å²) in [6.45, 7) is 8.59. The molecule has 1 aromatic carbocycles. The number of hydrogen-bond acceptors (Lipinski definition) is 5. The van der Waals surface area contributed by atoms with Crippen LogP contribution in [0.2, 0.25) is 0 Å². The maximum absolute atomic E-state index is 13.4. The fraction of sp³-hybridized carbons (Fsp3) is 0.273. The number of aromatic nitrogens is 4. The van der Waals surface area contributed by atoms with Gasteiger partial charge in [-0.25, -0.2) is 4.98 Å². The van der Waals surface area contributed by atoms with Gasteiger partial charge in [0.25, 0.3) is 5.91 Å². The van der Waals surface area contributed by atoms with Crippen molar-refractivity contribution < 1.29 is 4.79 Å². The van der Waals surface area contributed by atoms with Crippen LogP contribution in [0.5, 0.6) is 0 Å². The van der Waals surface area contributed by atoms with Crippen molar-refractivity contribution in [3.63, 3.8) is 0 Å². The molecule has 7 heteroatoms. The summed E-state index contributed by atoms with van der Waals surface area (Å²) in [5.41, 5.74) is 4.60. The lowest BCUT2D eigenvalue weighted by Crippen LogP contribution is -2.31. The van der Waals surface area contributed by atoms with E-state index in [4.69, 9.17) is 4.98 Å². The maximum atomic E-state index is 13.4. The van der Waals surface area contributed by atoms with Crippen molar-refractivity contribution in [2.45, 2.75) is 40.3 Å². The molecule has 148 valence electrons. The summed E-state index contributed by atoms with van der Waals surface area (Å²) in [6, 6.07) is 9.99. The lowest BCUT2D eigenvalue weighted by molar-refractivity contribution is 0.0979. The molecular formula is C22H23N5OS. The maximum Gasteiger partial charge on any atom is 0.280 e. The first-order valence-corrected chi connectivity index (χ1v) is 10.4. The van der Waals surface area contributed by atoms with Crippen molar-refractivity contribution >= 4 is 32.6 Å². The number of anilines is 1. The molecule has 0 fully saturated rings. The molecule has 3 aromatic heterocycles. The zero-order chi connectivity index (χ0) is 20.5. The Balaban J connectivity index is 1.77.